The Labute approximate surface area is 153 Å². The average molecular weight is 397 g/mol. The topological polar surface area (TPSA) is 160 Å². The lowest BCUT2D eigenvalue weighted by Gasteiger charge is -2.19. The van der Waals surface area contributed by atoms with Gasteiger partial charge in [-0.2, -0.15) is 13.1 Å². The van der Waals surface area contributed by atoms with Gasteiger partial charge < -0.3 is 19.9 Å². The van der Waals surface area contributed by atoms with E-state index in [0.29, 0.717) is 12.8 Å². The zero-order valence-electron chi connectivity index (χ0n) is 15.3. The van der Waals surface area contributed by atoms with Crippen molar-refractivity contribution >= 4 is 28.4 Å². The number of ether oxygens (including phenoxy) is 2. The van der Waals surface area contributed by atoms with Gasteiger partial charge in [0, 0.05) is 6.54 Å². The molecule has 4 N–H and O–H groups in total. The van der Waals surface area contributed by atoms with Gasteiger partial charge >= 0.3 is 28.4 Å². The molecule has 0 aliphatic heterocycles. The Kier molecular flexibility index (Phi) is 9.94. The molecule has 0 aliphatic rings. The number of hydrogen-bond acceptors (Lipinski definition) is 7. The van der Waals surface area contributed by atoms with Gasteiger partial charge in [-0.25, -0.2) is 19.1 Å². The summed E-state index contributed by atoms with van der Waals surface area (Å²) in [5.41, 5.74) is -0.836. The van der Waals surface area contributed by atoms with E-state index in [-0.39, 0.29) is 19.6 Å². The van der Waals surface area contributed by atoms with Crippen LogP contribution in [0.2, 0.25) is 0 Å². The molecule has 0 bridgehead atoms. The number of rotatable bonds is 10. The van der Waals surface area contributed by atoms with E-state index >= 15 is 0 Å². The van der Waals surface area contributed by atoms with E-state index in [1.807, 2.05) is 0 Å². The zero-order valence-corrected chi connectivity index (χ0v) is 16.1. The summed E-state index contributed by atoms with van der Waals surface area (Å²) in [7, 11) is -4.08. The van der Waals surface area contributed by atoms with E-state index in [0.717, 1.165) is 0 Å². The van der Waals surface area contributed by atoms with Crippen LogP contribution in [0, 0.1) is 0 Å². The SMILES string of the molecule is CCOC(=O)N[C@@H](CCCCNS(=O)(=O)NC(=O)OC(C)(C)C)C(=O)O. The first kappa shape index (κ1) is 23.9. The third-order valence-electron chi connectivity index (χ3n) is 2.69. The molecule has 12 heteroatoms. The molecule has 0 spiro atoms. The molecule has 2 amide bonds. The van der Waals surface area contributed by atoms with Gasteiger partial charge in [0.15, 0.2) is 0 Å². The number of nitrogens with one attached hydrogen (secondary N) is 3. The lowest BCUT2D eigenvalue weighted by Crippen LogP contribution is -2.43. The number of aliphatic carboxylic acids is 1. The number of hydrogen-bond donors (Lipinski definition) is 4. The first-order valence-electron chi connectivity index (χ1n) is 8.02. The second-order valence-electron chi connectivity index (χ2n) is 6.25. The first-order chi connectivity index (χ1) is 11.9. The summed E-state index contributed by atoms with van der Waals surface area (Å²) in [6, 6.07) is -1.13. The number of carboxylic acid groups (broad SMARTS) is 1. The molecule has 0 aromatic heterocycles. The second kappa shape index (κ2) is 10.8. The molecule has 0 unspecified atom stereocenters. The van der Waals surface area contributed by atoms with Crippen molar-refractivity contribution in [1.82, 2.24) is 14.8 Å². The lowest BCUT2D eigenvalue weighted by atomic mass is 10.1. The fourth-order valence-electron chi connectivity index (χ4n) is 1.70. The Morgan fingerprint density at radius 2 is 1.73 bits per heavy atom. The zero-order chi connectivity index (χ0) is 20.4. The van der Waals surface area contributed by atoms with Crippen molar-refractivity contribution < 1.29 is 37.4 Å². The molecule has 0 saturated heterocycles. The Balaban J connectivity index is 4.21. The van der Waals surface area contributed by atoms with Crippen molar-refractivity contribution in [2.24, 2.45) is 0 Å². The van der Waals surface area contributed by atoms with Gasteiger partial charge in [0.05, 0.1) is 6.61 Å². The summed E-state index contributed by atoms with van der Waals surface area (Å²) >= 11 is 0. The van der Waals surface area contributed by atoms with Crippen LogP contribution in [0.15, 0.2) is 0 Å². The van der Waals surface area contributed by atoms with Gasteiger partial charge in [0.2, 0.25) is 0 Å². The first-order valence-corrected chi connectivity index (χ1v) is 9.51. The molecule has 0 rings (SSSR count). The predicted octanol–water partition coefficient (Wildman–Crippen LogP) is 0.715. The van der Waals surface area contributed by atoms with E-state index in [4.69, 9.17) is 9.84 Å². The number of amides is 2. The summed E-state index contributed by atoms with van der Waals surface area (Å²) < 4.78 is 36.6. The summed E-state index contributed by atoms with van der Waals surface area (Å²) in [5.74, 6) is -1.22. The largest absolute Gasteiger partial charge is 0.480 e. The number of carbonyl (C=O) groups is 3. The van der Waals surface area contributed by atoms with Gasteiger partial charge in [-0.15, -0.1) is 0 Å². The van der Waals surface area contributed by atoms with Crippen molar-refractivity contribution in [1.29, 1.82) is 0 Å². The molecule has 0 fully saturated rings. The standard InChI is InChI=1S/C14H27N3O8S/c1-5-24-12(20)16-10(11(18)19)8-6-7-9-15-26(22,23)17-13(21)25-14(2,3)4/h10,15H,5-9H2,1-4H3,(H,16,20)(H,17,21)(H,18,19)/t10-/m0/s1. The number of unbranched alkanes of at least 4 members (excludes halogenated alkanes) is 1. The van der Waals surface area contributed by atoms with Crippen LogP contribution in [-0.2, 0) is 24.5 Å². The minimum absolute atomic E-state index is 0.0239. The van der Waals surface area contributed by atoms with Crippen LogP contribution in [-0.4, -0.2) is 56.5 Å². The minimum Gasteiger partial charge on any atom is -0.480 e. The Morgan fingerprint density at radius 3 is 2.23 bits per heavy atom. The molecular formula is C14H27N3O8S. The normalized spacial score (nSPS) is 12.8. The van der Waals surface area contributed by atoms with E-state index in [1.165, 1.54) is 0 Å². The summed E-state index contributed by atoms with van der Waals surface area (Å²) in [5, 5.41) is 11.2. The second-order valence-corrected chi connectivity index (χ2v) is 7.75. The molecule has 0 aliphatic carbocycles. The van der Waals surface area contributed by atoms with Crippen molar-refractivity contribution in [3.05, 3.63) is 0 Å². The fraction of sp³-hybridized carbons (Fsp3) is 0.786. The van der Waals surface area contributed by atoms with Crippen LogP contribution in [0.4, 0.5) is 9.59 Å². The molecule has 1 atom stereocenters. The third-order valence-corrected chi connectivity index (χ3v) is 3.71. The van der Waals surface area contributed by atoms with Crippen molar-refractivity contribution in [3.63, 3.8) is 0 Å². The molecular weight excluding hydrogens is 370 g/mol. The van der Waals surface area contributed by atoms with E-state index < -0.39 is 40.0 Å². The van der Waals surface area contributed by atoms with Crippen LogP contribution >= 0.6 is 0 Å². The molecule has 0 aromatic rings. The van der Waals surface area contributed by atoms with Crippen LogP contribution < -0.4 is 14.8 Å². The molecule has 0 saturated carbocycles. The van der Waals surface area contributed by atoms with Crippen molar-refractivity contribution in [2.75, 3.05) is 13.2 Å². The van der Waals surface area contributed by atoms with Crippen LogP contribution in [0.25, 0.3) is 0 Å². The summed E-state index contributed by atoms with van der Waals surface area (Å²) in [6.07, 6.45) is -1.23. The highest BCUT2D eigenvalue weighted by Gasteiger charge is 2.22. The van der Waals surface area contributed by atoms with E-state index in [1.54, 1.807) is 32.4 Å². The maximum Gasteiger partial charge on any atom is 0.422 e. The van der Waals surface area contributed by atoms with Gasteiger partial charge in [0.1, 0.15) is 11.6 Å². The summed E-state index contributed by atoms with van der Waals surface area (Å²) in [4.78, 5) is 33.7. The van der Waals surface area contributed by atoms with Gasteiger partial charge in [-0.3, -0.25) is 0 Å². The monoisotopic (exact) mass is 397 g/mol. The van der Waals surface area contributed by atoms with E-state index in [9.17, 15) is 22.8 Å². The highest BCUT2D eigenvalue weighted by atomic mass is 32.2. The van der Waals surface area contributed by atoms with Crippen LogP contribution in [0.5, 0.6) is 0 Å². The predicted molar refractivity (Wildman–Crippen MR) is 91.7 cm³/mol. The molecule has 152 valence electrons. The van der Waals surface area contributed by atoms with Crippen LogP contribution in [0.1, 0.15) is 47.0 Å². The number of carbonyl (C=O) groups excluding carboxylic acids is 2. The van der Waals surface area contributed by atoms with Crippen molar-refractivity contribution in [2.45, 2.75) is 58.6 Å². The van der Waals surface area contributed by atoms with Crippen molar-refractivity contribution in [3.8, 4) is 0 Å². The molecule has 11 nitrogen and oxygen atoms in total. The summed E-state index contributed by atoms with van der Waals surface area (Å²) in [6.45, 7) is 6.46. The number of carboxylic acids is 1. The minimum atomic E-state index is -4.08. The smallest absolute Gasteiger partial charge is 0.422 e. The highest BCUT2D eigenvalue weighted by Crippen LogP contribution is 2.06. The lowest BCUT2D eigenvalue weighted by molar-refractivity contribution is -0.139. The fourth-order valence-corrected chi connectivity index (χ4v) is 2.44. The number of alkyl carbamates (subject to hydrolysis) is 1. The van der Waals surface area contributed by atoms with Gasteiger partial charge in [-0.1, -0.05) is 0 Å². The highest BCUT2D eigenvalue weighted by molar-refractivity contribution is 7.88. The average Bonchev–Trinajstić information content (AvgIpc) is 2.42. The Bertz CT molecular complexity index is 585. The molecule has 26 heavy (non-hydrogen) atoms. The van der Waals surface area contributed by atoms with Crippen LogP contribution in [0.3, 0.4) is 0 Å². The Hall–Kier alpha value is -2.08. The third kappa shape index (κ3) is 12.3. The Morgan fingerprint density at radius 1 is 1.12 bits per heavy atom. The molecule has 0 radical (unpaired) electrons. The maximum absolute atomic E-state index is 11.7. The molecule has 0 aromatic carbocycles. The molecule has 0 heterocycles. The van der Waals surface area contributed by atoms with E-state index in [2.05, 4.69) is 14.8 Å². The van der Waals surface area contributed by atoms with Gasteiger partial charge in [-0.05, 0) is 47.0 Å². The van der Waals surface area contributed by atoms with Gasteiger partial charge in [0.25, 0.3) is 0 Å². The quantitative estimate of drug-likeness (QED) is 0.392. The maximum atomic E-state index is 11.7.